The predicted molar refractivity (Wildman–Crippen MR) is 95.5 cm³/mol. The minimum absolute atomic E-state index is 0.0914. The number of nitrogens with zero attached hydrogens (tertiary/aromatic N) is 4. The molecule has 0 aliphatic heterocycles. The lowest BCUT2D eigenvalue weighted by molar-refractivity contribution is -0.115. The Labute approximate surface area is 150 Å². The highest BCUT2D eigenvalue weighted by Crippen LogP contribution is 2.32. The lowest BCUT2D eigenvalue weighted by Crippen LogP contribution is -2.23. The highest BCUT2D eigenvalue weighted by atomic mass is 35.5. The lowest BCUT2D eigenvalue weighted by Gasteiger charge is -2.15. The molecule has 8 heteroatoms. The number of anilines is 1. The van der Waals surface area contributed by atoms with Gasteiger partial charge in [0, 0.05) is 10.7 Å². The van der Waals surface area contributed by atoms with Gasteiger partial charge in [0.2, 0.25) is 11.1 Å². The van der Waals surface area contributed by atoms with E-state index in [1.807, 2.05) is 24.6 Å². The Kier molecular flexibility index (Phi) is 5.40. The second-order valence-corrected chi connectivity index (χ2v) is 7.80. The van der Waals surface area contributed by atoms with Crippen LogP contribution in [-0.2, 0) is 4.79 Å². The van der Waals surface area contributed by atoms with Crippen LogP contribution in [0.3, 0.4) is 0 Å². The standard InChI is InChI=1S/C16H20ClN5OS/c1-10-7-8-12(17)9-14(10)18-15(23)11(2)24-16-19-20-21-22(16)13-5-3-4-6-13/h7-9,11,13H,3-6H2,1-2H3,(H,18,23). The van der Waals surface area contributed by atoms with Crippen molar-refractivity contribution >= 4 is 35.0 Å². The molecule has 1 saturated carbocycles. The van der Waals surface area contributed by atoms with E-state index in [-0.39, 0.29) is 11.2 Å². The number of nitrogens with one attached hydrogen (secondary N) is 1. The molecule has 1 fully saturated rings. The van der Waals surface area contributed by atoms with Gasteiger partial charge in [0.1, 0.15) is 0 Å². The number of hydrogen-bond acceptors (Lipinski definition) is 5. The van der Waals surface area contributed by atoms with Gasteiger partial charge in [-0.15, -0.1) is 5.10 Å². The Morgan fingerprint density at radius 3 is 2.92 bits per heavy atom. The number of aromatic nitrogens is 4. The van der Waals surface area contributed by atoms with Crippen molar-refractivity contribution in [3.63, 3.8) is 0 Å². The normalized spacial score (nSPS) is 16.3. The van der Waals surface area contributed by atoms with Crippen LogP contribution in [0.25, 0.3) is 0 Å². The first-order chi connectivity index (χ1) is 11.5. The van der Waals surface area contributed by atoms with Gasteiger partial charge in [0.25, 0.3) is 0 Å². The minimum atomic E-state index is -0.311. The molecular formula is C16H20ClN5OS. The van der Waals surface area contributed by atoms with Gasteiger partial charge in [-0.2, -0.15) is 0 Å². The summed E-state index contributed by atoms with van der Waals surface area (Å²) in [5, 5.41) is 15.9. The number of thioether (sulfide) groups is 1. The summed E-state index contributed by atoms with van der Waals surface area (Å²) in [6, 6.07) is 5.80. The van der Waals surface area contributed by atoms with Gasteiger partial charge in [-0.3, -0.25) is 4.79 Å². The molecule has 1 aromatic heterocycles. The van der Waals surface area contributed by atoms with Gasteiger partial charge >= 0.3 is 0 Å². The van der Waals surface area contributed by atoms with Crippen LogP contribution in [0.5, 0.6) is 0 Å². The largest absolute Gasteiger partial charge is 0.325 e. The van der Waals surface area contributed by atoms with Crippen LogP contribution in [0.1, 0.15) is 44.2 Å². The van der Waals surface area contributed by atoms with Gasteiger partial charge in [-0.25, -0.2) is 4.68 Å². The second-order valence-electron chi connectivity index (χ2n) is 6.05. The molecule has 0 radical (unpaired) electrons. The molecule has 1 aromatic carbocycles. The smallest absolute Gasteiger partial charge is 0.237 e. The molecule has 6 nitrogen and oxygen atoms in total. The van der Waals surface area contributed by atoms with E-state index in [9.17, 15) is 4.79 Å². The van der Waals surface area contributed by atoms with Crippen LogP contribution in [0.15, 0.2) is 23.4 Å². The molecule has 1 amide bonds. The van der Waals surface area contributed by atoms with E-state index >= 15 is 0 Å². The number of aryl methyl sites for hydroxylation is 1. The zero-order valence-electron chi connectivity index (χ0n) is 13.7. The summed E-state index contributed by atoms with van der Waals surface area (Å²) in [5.74, 6) is -0.0914. The van der Waals surface area contributed by atoms with Crippen LogP contribution in [0.4, 0.5) is 5.69 Å². The Balaban J connectivity index is 1.66. The van der Waals surface area contributed by atoms with Crippen molar-refractivity contribution in [3.8, 4) is 0 Å². The lowest BCUT2D eigenvalue weighted by atomic mass is 10.2. The zero-order valence-corrected chi connectivity index (χ0v) is 15.3. The Morgan fingerprint density at radius 2 is 2.17 bits per heavy atom. The van der Waals surface area contributed by atoms with Gasteiger partial charge in [-0.05, 0) is 54.8 Å². The first-order valence-corrected chi connectivity index (χ1v) is 9.32. The van der Waals surface area contributed by atoms with Crippen molar-refractivity contribution in [2.45, 2.75) is 56.0 Å². The number of carbonyl (C=O) groups excluding carboxylic acids is 1. The fourth-order valence-electron chi connectivity index (χ4n) is 2.82. The van der Waals surface area contributed by atoms with Crippen molar-refractivity contribution in [2.75, 3.05) is 5.32 Å². The number of halogens is 1. The van der Waals surface area contributed by atoms with E-state index in [0.717, 1.165) is 24.1 Å². The molecular weight excluding hydrogens is 346 g/mol. The Morgan fingerprint density at radius 1 is 1.42 bits per heavy atom. The summed E-state index contributed by atoms with van der Waals surface area (Å²) >= 11 is 7.38. The fraction of sp³-hybridized carbons (Fsp3) is 0.500. The van der Waals surface area contributed by atoms with E-state index in [0.29, 0.717) is 16.2 Å². The molecule has 1 N–H and O–H groups in total. The first-order valence-electron chi connectivity index (χ1n) is 8.06. The molecule has 0 spiro atoms. The van der Waals surface area contributed by atoms with Crippen molar-refractivity contribution < 1.29 is 4.79 Å². The predicted octanol–water partition coefficient (Wildman–Crippen LogP) is 3.87. The second kappa shape index (κ2) is 7.53. The quantitative estimate of drug-likeness (QED) is 0.814. The van der Waals surface area contributed by atoms with Crippen molar-refractivity contribution in [2.24, 2.45) is 0 Å². The monoisotopic (exact) mass is 365 g/mol. The number of hydrogen-bond donors (Lipinski definition) is 1. The Bertz CT molecular complexity index is 729. The molecule has 128 valence electrons. The van der Waals surface area contributed by atoms with Crippen molar-refractivity contribution in [1.82, 2.24) is 20.2 Å². The minimum Gasteiger partial charge on any atom is -0.325 e. The highest BCUT2D eigenvalue weighted by molar-refractivity contribution is 8.00. The third kappa shape index (κ3) is 3.89. The molecule has 1 aliphatic rings. The summed E-state index contributed by atoms with van der Waals surface area (Å²) in [4.78, 5) is 12.5. The van der Waals surface area contributed by atoms with Crippen LogP contribution < -0.4 is 5.32 Å². The topological polar surface area (TPSA) is 72.7 Å². The number of amides is 1. The van der Waals surface area contributed by atoms with Crippen LogP contribution in [0, 0.1) is 6.92 Å². The maximum Gasteiger partial charge on any atom is 0.237 e. The van der Waals surface area contributed by atoms with Gasteiger partial charge in [0.15, 0.2) is 0 Å². The maximum absolute atomic E-state index is 12.5. The molecule has 0 bridgehead atoms. The van der Waals surface area contributed by atoms with Crippen LogP contribution in [0.2, 0.25) is 5.02 Å². The van der Waals surface area contributed by atoms with Gasteiger partial charge < -0.3 is 5.32 Å². The summed E-state index contributed by atoms with van der Waals surface area (Å²) in [6.45, 7) is 3.79. The first kappa shape index (κ1) is 17.2. The van der Waals surface area contributed by atoms with E-state index in [1.54, 1.807) is 12.1 Å². The molecule has 1 heterocycles. The number of benzene rings is 1. The van der Waals surface area contributed by atoms with E-state index < -0.39 is 0 Å². The average Bonchev–Trinajstić information content (AvgIpc) is 3.21. The van der Waals surface area contributed by atoms with E-state index in [2.05, 4.69) is 20.8 Å². The third-order valence-corrected chi connectivity index (χ3v) is 5.52. The summed E-state index contributed by atoms with van der Waals surface area (Å²) in [5.41, 5.74) is 1.70. The molecule has 24 heavy (non-hydrogen) atoms. The van der Waals surface area contributed by atoms with Crippen molar-refractivity contribution in [3.05, 3.63) is 28.8 Å². The van der Waals surface area contributed by atoms with Gasteiger partial charge in [-0.1, -0.05) is 42.3 Å². The summed E-state index contributed by atoms with van der Waals surface area (Å²) in [6.07, 6.45) is 4.61. The molecule has 1 unspecified atom stereocenters. The number of tetrazole rings is 1. The van der Waals surface area contributed by atoms with E-state index in [1.165, 1.54) is 24.6 Å². The SMILES string of the molecule is Cc1ccc(Cl)cc1NC(=O)C(C)Sc1nnnn1C1CCCC1. The zero-order chi connectivity index (χ0) is 17.1. The Hall–Kier alpha value is -1.60. The van der Waals surface area contributed by atoms with Crippen LogP contribution >= 0.6 is 23.4 Å². The summed E-state index contributed by atoms with van der Waals surface area (Å²) < 4.78 is 1.87. The fourth-order valence-corrected chi connectivity index (χ4v) is 3.85. The van der Waals surface area contributed by atoms with Crippen LogP contribution in [-0.4, -0.2) is 31.4 Å². The number of rotatable bonds is 5. The third-order valence-electron chi connectivity index (χ3n) is 4.24. The highest BCUT2D eigenvalue weighted by Gasteiger charge is 2.24. The maximum atomic E-state index is 12.5. The van der Waals surface area contributed by atoms with E-state index in [4.69, 9.17) is 11.6 Å². The van der Waals surface area contributed by atoms with Crippen molar-refractivity contribution in [1.29, 1.82) is 0 Å². The average molecular weight is 366 g/mol. The molecule has 0 saturated heterocycles. The number of carbonyl (C=O) groups is 1. The molecule has 1 atom stereocenters. The molecule has 1 aliphatic carbocycles. The van der Waals surface area contributed by atoms with Gasteiger partial charge in [0.05, 0.1) is 11.3 Å². The molecule has 3 rings (SSSR count). The summed E-state index contributed by atoms with van der Waals surface area (Å²) in [7, 11) is 0. The molecule has 2 aromatic rings.